The molecule has 0 saturated carbocycles. The number of anilines is 1. The van der Waals surface area contributed by atoms with E-state index in [9.17, 15) is 9.59 Å². The van der Waals surface area contributed by atoms with Gasteiger partial charge >= 0.3 is 5.97 Å². The molecule has 0 aliphatic carbocycles. The first-order valence-electron chi connectivity index (χ1n) is 6.27. The zero-order valence-corrected chi connectivity index (χ0v) is 11.3. The molecule has 5 nitrogen and oxygen atoms in total. The first-order chi connectivity index (χ1) is 8.99. The second-order valence-electron chi connectivity index (χ2n) is 4.78. The Labute approximate surface area is 113 Å². The lowest BCUT2D eigenvalue weighted by atomic mass is 10.2. The minimum atomic E-state index is -0.958. The second kappa shape index (κ2) is 7.41. The number of para-hydroxylation sites is 1. The van der Waals surface area contributed by atoms with E-state index < -0.39 is 5.97 Å². The zero-order chi connectivity index (χ0) is 14.3. The number of aliphatic carboxylic acids is 1. The minimum Gasteiger partial charge on any atom is -0.480 e. The van der Waals surface area contributed by atoms with E-state index in [1.807, 2.05) is 32.0 Å². The van der Waals surface area contributed by atoms with E-state index in [2.05, 4.69) is 5.32 Å². The predicted molar refractivity (Wildman–Crippen MR) is 74.1 cm³/mol. The number of benzene rings is 1. The van der Waals surface area contributed by atoms with Gasteiger partial charge in [-0.2, -0.15) is 0 Å². The molecular weight excluding hydrogens is 244 g/mol. The van der Waals surface area contributed by atoms with E-state index in [0.717, 1.165) is 5.69 Å². The summed E-state index contributed by atoms with van der Waals surface area (Å²) in [5.74, 6) is -0.757. The van der Waals surface area contributed by atoms with Crippen LogP contribution in [0.3, 0.4) is 0 Å². The Kier molecular flexibility index (Phi) is 5.85. The summed E-state index contributed by atoms with van der Waals surface area (Å²) in [6.07, 6.45) is 0. The van der Waals surface area contributed by atoms with Gasteiger partial charge in [0.2, 0.25) is 5.91 Å². The lowest BCUT2D eigenvalue weighted by Gasteiger charge is -2.22. The van der Waals surface area contributed by atoms with Crippen LogP contribution in [0.1, 0.15) is 13.8 Å². The Morgan fingerprint density at radius 3 is 2.37 bits per heavy atom. The van der Waals surface area contributed by atoms with Crippen LogP contribution in [0.15, 0.2) is 30.3 Å². The van der Waals surface area contributed by atoms with Gasteiger partial charge < -0.3 is 15.3 Å². The van der Waals surface area contributed by atoms with Gasteiger partial charge in [-0.05, 0) is 18.1 Å². The Balaban J connectivity index is 2.65. The third kappa shape index (κ3) is 5.90. The van der Waals surface area contributed by atoms with Gasteiger partial charge in [-0.3, -0.25) is 9.59 Å². The molecule has 0 radical (unpaired) electrons. The van der Waals surface area contributed by atoms with Crippen LogP contribution in [0.5, 0.6) is 0 Å². The fourth-order valence-electron chi connectivity index (χ4n) is 1.59. The van der Waals surface area contributed by atoms with Crippen LogP contribution in [-0.2, 0) is 9.59 Å². The largest absolute Gasteiger partial charge is 0.480 e. The molecule has 1 amide bonds. The van der Waals surface area contributed by atoms with E-state index in [1.54, 1.807) is 12.1 Å². The summed E-state index contributed by atoms with van der Waals surface area (Å²) in [6, 6.07) is 9.06. The van der Waals surface area contributed by atoms with E-state index in [0.29, 0.717) is 12.5 Å². The van der Waals surface area contributed by atoms with Gasteiger partial charge in [0.1, 0.15) is 6.54 Å². The van der Waals surface area contributed by atoms with Crippen LogP contribution >= 0.6 is 0 Å². The molecule has 19 heavy (non-hydrogen) atoms. The van der Waals surface area contributed by atoms with Crippen LogP contribution in [0.2, 0.25) is 0 Å². The quantitative estimate of drug-likeness (QED) is 0.780. The van der Waals surface area contributed by atoms with Crippen LogP contribution in [0.25, 0.3) is 0 Å². The van der Waals surface area contributed by atoms with Gasteiger partial charge in [-0.15, -0.1) is 0 Å². The summed E-state index contributed by atoms with van der Waals surface area (Å²) in [7, 11) is 0. The van der Waals surface area contributed by atoms with Gasteiger partial charge in [0.15, 0.2) is 0 Å². The number of hydrogen-bond donors (Lipinski definition) is 2. The topological polar surface area (TPSA) is 69.6 Å². The van der Waals surface area contributed by atoms with Gasteiger partial charge in [-0.1, -0.05) is 32.0 Å². The number of hydrogen-bond acceptors (Lipinski definition) is 3. The maximum atomic E-state index is 11.8. The molecule has 1 rings (SSSR count). The SMILES string of the molecule is CC(C)CNC(=O)CN(CC(=O)O)c1ccccc1. The van der Waals surface area contributed by atoms with Crippen molar-refractivity contribution in [3.63, 3.8) is 0 Å². The van der Waals surface area contributed by atoms with Crippen molar-refractivity contribution < 1.29 is 14.7 Å². The molecular formula is C14H20N2O3. The zero-order valence-electron chi connectivity index (χ0n) is 11.3. The Hall–Kier alpha value is -2.04. The molecule has 1 aromatic rings. The van der Waals surface area contributed by atoms with Crippen molar-refractivity contribution >= 4 is 17.6 Å². The molecule has 0 fully saturated rings. The molecule has 0 aliphatic rings. The van der Waals surface area contributed by atoms with Crippen LogP contribution in [-0.4, -0.2) is 36.6 Å². The van der Waals surface area contributed by atoms with Gasteiger partial charge in [-0.25, -0.2) is 0 Å². The molecule has 1 aromatic carbocycles. The molecule has 0 unspecified atom stereocenters. The predicted octanol–water partition coefficient (Wildman–Crippen LogP) is 1.35. The highest BCUT2D eigenvalue weighted by Gasteiger charge is 2.14. The average Bonchev–Trinajstić information content (AvgIpc) is 2.36. The normalized spacial score (nSPS) is 10.3. The summed E-state index contributed by atoms with van der Waals surface area (Å²) in [5.41, 5.74) is 0.726. The average molecular weight is 264 g/mol. The molecule has 0 saturated heterocycles. The van der Waals surface area contributed by atoms with Crippen molar-refractivity contribution in [1.29, 1.82) is 0 Å². The van der Waals surface area contributed by atoms with Crippen LogP contribution < -0.4 is 10.2 Å². The number of nitrogens with zero attached hydrogens (tertiary/aromatic N) is 1. The number of carbonyl (C=O) groups excluding carboxylic acids is 1. The van der Waals surface area contributed by atoms with E-state index >= 15 is 0 Å². The van der Waals surface area contributed by atoms with E-state index in [1.165, 1.54) is 4.90 Å². The Bertz CT molecular complexity index is 418. The molecule has 0 heterocycles. The summed E-state index contributed by atoms with van der Waals surface area (Å²) in [5, 5.41) is 11.7. The number of carboxylic acid groups (broad SMARTS) is 1. The van der Waals surface area contributed by atoms with Crippen molar-refractivity contribution in [2.24, 2.45) is 5.92 Å². The van der Waals surface area contributed by atoms with Crippen LogP contribution in [0.4, 0.5) is 5.69 Å². The first-order valence-corrected chi connectivity index (χ1v) is 6.27. The Morgan fingerprint density at radius 1 is 1.21 bits per heavy atom. The molecule has 0 atom stereocenters. The van der Waals surface area contributed by atoms with E-state index in [4.69, 9.17) is 5.11 Å². The number of nitrogens with one attached hydrogen (secondary N) is 1. The highest BCUT2D eigenvalue weighted by Crippen LogP contribution is 2.12. The molecule has 0 aliphatic heterocycles. The number of carbonyl (C=O) groups is 2. The second-order valence-corrected chi connectivity index (χ2v) is 4.78. The third-order valence-electron chi connectivity index (χ3n) is 2.49. The molecule has 5 heteroatoms. The molecule has 0 aromatic heterocycles. The lowest BCUT2D eigenvalue weighted by molar-refractivity contribution is -0.135. The van der Waals surface area contributed by atoms with Crippen LogP contribution in [0, 0.1) is 5.92 Å². The standard InChI is InChI=1S/C14H20N2O3/c1-11(2)8-15-13(17)9-16(10-14(18)19)12-6-4-3-5-7-12/h3-7,11H,8-10H2,1-2H3,(H,15,17)(H,18,19). The van der Waals surface area contributed by atoms with Crippen molar-refractivity contribution in [3.8, 4) is 0 Å². The molecule has 0 spiro atoms. The van der Waals surface area contributed by atoms with Gasteiger partial charge in [0.25, 0.3) is 0 Å². The highest BCUT2D eigenvalue weighted by atomic mass is 16.4. The summed E-state index contributed by atoms with van der Waals surface area (Å²) in [6.45, 7) is 4.45. The molecule has 0 bridgehead atoms. The Morgan fingerprint density at radius 2 is 1.84 bits per heavy atom. The molecule has 104 valence electrons. The smallest absolute Gasteiger partial charge is 0.323 e. The minimum absolute atomic E-state index is 0.0447. The highest BCUT2D eigenvalue weighted by molar-refractivity contribution is 5.84. The van der Waals surface area contributed by atoms with E-state index in [-0.39, 0.29) is 19.0 Å². The van der Waals surface area contributed by atoms with Crippen molar-refractivity contribution in [2.45, 2.75) is 13.8 Å². The number of amides is 1. The maximum absolute atomic E-state index is 11.8. The summed E-state index contributed by atoms with van der Waals surface area (Å²) < 4.78 is 0. The van der Waals surface area contributed by atoms with Gasteiger partial charge in [0.05, 0.1) is 6.54 Å². The summed E-state index contributed by atoms with van der Waals surface area (Å²) >= 11 is 0. The number of rotatable bonds is 7. The fourth-order valence-corrected chi connectivity index (χ4v) is 1.59. The number of carboxylic acids is 1. The monoisotopic (exact) mass is 264 g/mol. The van der Waals surface area contributed by atoms with Gasteiger partial charge in [0, 0.05) is 12.2 Å². The lowest BCUT2D eigenvalue weighted by Crippen LogP contribution is -2.40. The first kappa shape index (κ1) is 15.0. The summed E-state index contributed by atoms with van der Waals surface area (Å²) in [4.78, 5) is 24.2. The van der Waals surface area contributed by atoms with Crippen molar-refractivity contribution in [1.82, 2.24) is 5.32 Å². The van der Waals surface area contributed by atoms with Crippen molar-refractivity contribution in [3.05, 3.63) is 30.3 Å². The maximum Gasteiger partial charge on any atom is 0.323 e. The van der Waals surface area contributed by atoms with Crippen molar-refractivity contribution in [2.75, 3.05) is 24.5 Å². The molecule has 2 N–H and O–H groups in total. The fraction of sp³-hybridized carbons (Fsp3) is 0.429. The third-order valence-corrected chi connectivity index (χ3v) is 2.49.